The summed E-state index contributed by atoms with van der Waals surface area (Å²) in [7, 11) is 1.55. The SMILES string of the molecule is COc1ccc(C(=O)NC[C@@H]2O[C@@H](CC(=O)N3CCN(c4ccccc4)CC3)[C@H](O)[C@@H]2O)cc1. The minimum atomic E-state index is -1.20. The minimum absolute atomic E-state index is 0.0174. The molecule has 9 heteroatoms. The predicted octanol–water partition coefficient (Wildman–Crippen LogP) is 0.653. The molecule has 2 saturated heterocycles. The zero-order chi connectivity index (χ0) is 24.1. The lowest BCUT2D eigenvalue weighted by atomic mass is 10.0. The van der Waals surface area contributed by atoms with E-state index in [0.717, 1.165) is 18.8 Å². The Labute approximate surface area is 198 Å². The molecule has 4 atom stereocenters. The van der Waals surface area contributed by atoms with Crippen LogP contribution in [0.3, 0.4) is 0 Å². The van der Waals surface area contributed by atoms with Crippen LogP contribution in [0.1, 0.15) is 16.8 Å². The number of rotatable bonds is 7. The van der Waals surface area contributed by atoms with Crippen LogP contribution in [0.25, 0.3) is 0 Å². The highest BCUT2D eigenvalue weighted by molar-refractivity contribution is 5.94. The van der Waals surface area contributed by atoms with E-state index in [1.54, 1.807) is 36.3 Å². The smallest absolute Gasteiger partial charge is 0.251 e. The van der Waals surface area contributed by atoms with E-state index < -0.39 is 24.4 Å². The number of hydrogen-bond donors (Lipinski definition) is 3. The van der Waals surface area contributed by atoms with E-state index >= 15 is 0 Å². The van der Waals surface area contributed by atoms with Crippen molar-refractivity contribution < 1.29 is 29.3 Å². The van der Waals surface area contributed by atoms with Crippen molar-refractivity contribution in [2.75, 3.05) is 44.7 Å². The van der Waals surface area contributed by atoms with Crippen molar-refractivity contribution in [1.82, 2.24) is 10.2 Å². The molecule has 3 N–H and O–H groups in total. The summed E-state index contributed by atoms with van der Waals surface area (Å²) in [6.45, 7) is 2.64. The van der Waals surface area contributed by atoms with Gasteiger partial charge < -0.3 is 34.8 Å². The Balaban J connectivity index is 1.25. The Morgan fingerprint density at radius 3 is 2.26 bits per heavy atom. The normalized spacial score (nSPS) is 24.7. The van der Waals surface area contributed by atoms with Crippen LogP contribution in [0, 0.1) is 0 Å². The van der Waals surface area contributed by atoms with Gasteiger partial charge in [0.25, 0.3) is 5.91 Å². The number of para-hydroxylation sites is 1. The Morgan fingerprint density at radius 1 is 0.971 bits per heavy atom. The summed E-state index contributed by atoms with van der Waals surface area (Å²) >= 11 is 0. The van der Waals surface area contributed by atoms with E-state index in [1.165, 1.54) is 0 Å². The number of benzene rings is 2. The number of aliphatic hydroxyl groups is 2. The number of carbonyl (C=O) groups is 2. The summed E-state index contributed by atoms with van der Waals surface area (Å²) in [4.78, 5) is 29.2. The third kappa shape index (κ3) is 5.49. The van der Waals surface area contributed by atoms with Crippen molar-refractivity contribution in [3.8, 4) is 5.75 Å². The molecule has 0 unspecified atom stereocenters. The quantitative estimate of drug-likeness (QED) is 0.546. The highest BCUT2D eigenvalue weighted by atomic mass is 16.5. The maximum atomic E-state index is 12.8. The van der Waals surface area contributed by atoms with E-state index in [2.05, 4.69) is 22.3 Å². The van der Waals surface area contributed by atoms with Crippen LogP contribution >= 0.6 is 0 Å². The zero-order valence-electron chi connectivity index (χ0n) is 19.2. The van der Waals surface area contributed by atoms with Crippen molar-refractivity contribution in [2.24, 2.45) is 0 Å². The average Bonchev–Trinajstić information content (AvgIpc) is 3.15. The molecule has 2 amide bonds. The first kappa shape index (κ1) is 24.0. The van der Waals surface area contributed by atoms with Gasteiger partial charge in [0.2, 0.25) is 5.91 Å². The second kappa shape index (κ2) is 10.9. The lowest BCUT2D eigenvalue weighted by Gasteiger charge is -2.36. The van der Waals surface area contributed by atoms with Gasteiger partial charge in [0.15, 0.2) is 0 Å². The van der Waals surface area contributed by atoms with E-state index in [1.807, 2.05) is 18.2 Å². The molecule has 4 rings (SSSR count). The van der Waals surface area contributed by atoms with Crippen LogP contribution in [-0.4, -0.2) is 91.2 Å². The molecule has 2 aromatic rings. The third-order valence-corrected chi connectivity index (χ3v) is 6.41. The van der Waals surface area contributed by atoms with Crippen LogP contribution in [0.15, 0.2) is 54.6 Å². The summed E-state index contributed by atoms with van der Waals surface area (Å²) < 4.78 is 10.9. The molecule has 2 aliphatic rings. The molecule has 0 aromatic heterocycles. The van der Waals surface area contributed by atoms with Crippen molar-refractivity contribution in [3.63, 3.8) is 0 Å². The number of nitrogens with zero attached hydrogens (tertiary/aromatic N) is 2. The monoisotopic (exact) mass is 469 g/mol. The summed E-state index contributed by atoms with van der Waals surface area (Å²) in [5, 5.41) is 23.5. The van der Waals surface area contributed by atoms with Gasteiger partial charge in [0.1, 0.15) is 24.1 Å². The summed E-state index contributed by atoms with van der Waals surface area (Å²) in [6.07, 6.45) is -4.03. The number of ether oxygens (including phenoxy) is 2. The van der Waals surface area contributed by atoms with Crippen LogP contribution in [0.5, 0.6) is 5.75 Å². The summed E-state index contributed by atoms with van der Waals surface area (Å²) in [5.74, 6) is 0.193. The lowest BCUT2D eigenvalue weighted by molar-refractivity contribution is -0.135. The number of carbonyl (C=O) groups excluding carboxylic acids is 2. The molecule has 0 radical (unpaired) electrons. The Kier molecular flexibility index (Phi) is 7.66. The number of methoxy groups -OCH3 is 1. The molecule has 182 valence electrons. The van der Waals surface area contributed by atoms with Crippen molar-refractivity contribution >= 4 is 17.5 Å². The minimum Gasteiger partial charge on any atom is -0.497 e. The zero-order valence-corrected chi connectivity index (χ0v) is 19.2. The molecule has 34 heavy (non-hydrogen) atoms. The average molecular weight is 470 g/mol. The number of nitrogens with one attached hydrogen (secondary N) is 1. The fraction of sp³-hybridized carbons (Fsp3) is 0.440. The predicted molar refractivity (Wildman–Crippen MR) is 126 cm³/mol. The highest BCUT2D eigenvalue weighted by Crippen LogP contribution is 2.25. The number of piperazine rings is 1. The maximum absolute atomic E-state index is 12.8. The Morgan fingerprint density at radius 2 is 1.62 bits per heavy atom. The van der Waals surface area contributed by atoms with E-state index in [4.69, 9.17) is 9.47 Å². The number of hydrogen-bond acceptors (Lipinski definition) is 7. The first-order chi connectivity index (χ1) is 16.5. The van der Waals surface area contributed by atoms with Crippen LogP contribution in [0.4, 0.5) is 5.69 Å². The molecular weight excluding hydrogens is 438 g/mol. The van der Waals surface area contributed by atoms with Crippen molar-refractivity contribution in [2.45, 2.75) is 30.8 Å². The van der Waals surface area contributed by atoms with E-state index in [-0.39, 0.29) is 24.8 Å². The molecule has 2 fully saturated rings. The van der Waals surface area contributed by atoms with E-state index in [9.17, 15) is 19.8 Å². The van der Waals surface area contributed by atoms with Gasteiger partial charge in [-0.15, -0.1) is 0 Å². The number of amides is 2. The molecule has 0 spiro atoms. The largest absolute Gasteiger partial charge is 0.497 e. The van der Waals surface area contributed by atoms with Gasteiger partial charge in [0, 0.05) is 44.0 Å². The molecule has 9 nitrogen and oxygen atoms in total. The number of aliphatic hydroxyl groups excluding tert-OH is 2. The molecule has 0 saturated carbocycles. The summed E-state index contributed by atoms with van der Waals surface area (Å²) in [5.41, 5.74) is 1.57. The molecule has 2 heterocycles. The summed E-state index contributed by atoms with van der Waals surface area (Å²) in [6, 6.07) is 16.7. The van der Waals surface area contributed by atoms with Gasteiger partial charge in [-0.1, -0.05) is 18.2 Å². The van der Waals surface area contributed by atoms with Crippen molar-refractivity contribution in [1.29, 1.82) is 0 Å². The first-order valence-electron chi connectivity index (χ1n) is 11.5. The molecule has 0 aliphatic carbocycles. The van der Waals surface area contributed by atoms with Gasteiger partial charge in [0.05, 0.1) is 19.6 Å². The molecule has 2 aliphatic heterocycles. The highest BCUT2D eigenvalue weighted by Gasteiger charge is 2.44. The standard InChI is InChI=1S/C25H31N3O6/c1-33-19-9-7-17(8-10-19)25(32)26-16-21-24(31)23(30)20(34-21)15-22(29)28-13-11-27(12-14-28)18-5-3-2-4-6-18/h2-10,20-21,23-24,30-31H,11-16H2,1H3,(H,26,32)/t20-,21-,23-,24+/m0/s1. The Hall–Kier alpha value is -3.14. The molecule has 2 aromatic carbocycles. The topological polar surface area (TPSA) is 112 Å². The lowest BCUT2D eigenvalue weighted by Crippen LogP contribution is -2.49. The fourth-order valence-corrected chi connectivity index (χ4v) is 4.35. The van der Waals surface area contributed by atoms with Crippen LogP contribution < -0.4 is 15.0 Å². The molecule has 0 bridgehead atoms. The third-order valence-electron chi connectivity index (χ3n) is 6.41. The van der Waals surface area contributed by atoms with Gasteiger partial charge in [-0.3, -0.25) is 9.59 Å². The van der Waals surface area contributed by atoms with Crippen LogP contribution in [0.2, 0.25) is 0 Å². The second-order valence-corrected chi connectivity index (χ2v) is 8.54. The van der Waals surface area contributed by atoms with Crippen LogP contribution in [-0.2, 0) is 9.53 Å². The second-order valence-electron chi connectivity index (χ2n) is 8.54. The van der Waals surface area contributed by atoms with Gasteiger partial charge >= 0.3 is 0 Å². The van der Waals surface area contributed by atoms with Crippen molar-refractivity contribution in [3.05, 3.63) is 60.2 Å². The van der Waals surface area contributed by atoms with E-state index in [0.29, 0.717) is 24.4 Å². The van der Waals surface area contributed by atoms with Gasteiger partial charge in [-0.2, -0.15) is 0 Å². The molecular formula is C25H31N3O6. The maximum Gasteiger partial charge on any atom is 0.251 e. The number of anilines is 1. The first-order valence-corrected chi connectivity index (χ1v) is 11.5. The Bertz CT molecular complexity index is 962. The van der Waals surface area contributed by atoms with Gasteiger partial charge in [-0.05, 0) is 36.4 Å². The fourth-order valence-electron chi connectivity index (χ4n) is 4.35. The van der Waals surface area contributed by atoms with Gasteiger partial charge in [-0.25, -0.2) is 0 Å².